The van der Waals surface area contributed by atoms with Crippen molar-refractivity contribution in [2.45, 2.75) is 42.7 Å². The van der Waals surface area contributed by atoms with Crippen molar-refractivity contribution in [1.29, 1.82) is 0 Å². The summed E-state index contributed by atoms with van der Waals surface area (Å²) >= 11 is 13.0. The number of carbonyl (C=O) groups excluding carboxylic acids is 2. The van der Waals surface area contributed by atoms with Gasteiger partial charge in [-0.15, -0.1) is 5.10 Å². The molecule has 0 saturated carbocycles. The number of nitrogens with one attached hydrogen (secondary N) is 1. The summed E-state index contributed by atoms with van der Waals surface area (Å²) in [5.41, 5.74) is 2.38. The minimum Gasteiger partial charge on any atom is -0.496 e. The van der Waals surface area contributed by atoms with Gasteiger partial charge in [-0.3, -0.25) is 19.5 Å². The van der Waals surface area contributed by atoms with E-state index < -0.39 is 11.5 Å². The van der Waals surface area contributed by atoms with E-state index in [0.717, 1.165) is 49.2 Å². The number of amides is 3. The molecule has 2 aromatic carbocycles. The summed E-state index contributed by atoms with van der Waals surface area (Å²) in [4.78, 5) is 51.3. The van der Waals surface area contributed by atoms with Crippen LogP contribution in [0.4, 0.5) is 4.79 Å². The zero-order chi connectivity index (χ0) is 38.6. The molecule has 3 saturated heterocycles. The first-order valence-corrected chi connectivity index (χ1v) is 19.3. The Bertz CT molecular complexity index is 1940. The number of piperazine rings is 1. The summed E-state index contributed by atoms with van der Waals surface area (Å²) in [5, 5.41) is 25.3. The Morgan fingerprint density at radius 3 is 2.31 bits per heavy atom. The molecule has 2 N–H and O–H groups in total. The van der Waals surface area contributed by atoms with E-state index in [1.54, 1.807) is 36.7 Å². The lowest BCUT2D eigenvalue weighted by Crippen LogP contribution is -2.59. The number of carboxylic acid groups (broad SMARTS) is 1. The molecule has 2 atom stereocenters. The predicted octanol–water partition coefficient (Wildman–Crippen LogP) is 5.47. The molecule has 0 radical (unpaired) electrons. The van der Waals surface area contributed by atoms with E-state index in [9.17, 15) is 19.5 Å². The SMILES string of the molecule is COc1ccc(C2C=NN=N2)cc1C(=O)N1CCC(CCN2CCC(NC(=O)N3CCN(CC(=O)O)CC3)(c3ccncc3)CC2)(c2ccc(Cl)c(Cl)c2)C1. The molecule has 2 unspecified atom stereocenters. The molecule has 290 valence electrons. The maximum Gasteiger partial charge on any atom is 0.318 e. The number of piperidine rings is 1. The third kappa shape index (κ3) is 8.47. The lowest BCUT2D eigenvalue weighted by atomic mass is 9.76. The van der Waals surface area contributed by atoms with Gasteiger partial charge in [-0.05, 0) is 90.5 Å². The van der Waals surface area contributed by atoms with Crippen molar-refractivity contribution >= 4 is 47.3 Å². The van der Waals surface area contributed by atoms with Gasteiger partial charge in [0.1, 0.15) is 11.8 Å². The predicted molar refractivity (Wildman–Crippen MR) is 208 cm³/mol. The van der Waals surface area contributed by atoms with Crippen LogP contribution in [-0.2, 0) is 15.7 Å². The number of ether oxygens (including phenoxy) is 1. The summed E-state index contributed by atoms with van der Waals surface area (Å²) in [6.45, 7) is 5.26. The number of urea groups is 1. The minimum atomic E-state index is -0.867. The van der Waals surface area contributed by atoms with Gasteiger partial charge in [0.05, 0.1) is 41.0 Å². The van der Waals surface area contributed by atoms with Crippen LogP contribution in [0.3, 0.4) is 0 Å². The Hall–Kier alpha value is -4.63. The van der Waals surface area contributed by atoms with E-state index in [-0.39, 0.29) is 29.9 Å². The number of hydrogen-bond acceptors (Lipinski definition) is 10. The summed E-state index contributed by atoms with van der Waals surface area (Å²) in [7, 11) is 1.56. The number of carboxylic acids is 1. The van der Waals surface area contributed by atoms with Crippen LogP contribution in [-0.4, -0.2) is 126 Å². The number of likely N-dealkylation sites (tertiary alicyclic amines) is 2. The zero-order valence-corrected chi connectivity index (χ0v) is 32.3. The second kappa shape index (κ2) is 16.6. The van der Waals surface area contributed by atoms with Gasteiger partial charge in [-0.2, -0.15) is 5.11 Å². The summed E-state index contributed by atoms with van der Waals surface area (Å²) < 4.78 is 5.63. The van der Waals surface area contributed by atoms with Gasteiger partial charge < -0.3 is 29.9 Å². The van der Waals surface area contributed by atoms with Crippen molar-refractivity contribution in [3.8, 4) is 5.75 Å². The first-order valence-electron chi connectivity index (χ1n) is 18.6. The number of aromatic nitrogens is 1. The van der Waals surface area contributed by atoms with Crippen LogP contribution in [0.15, 0.2) is 76.4 Å². The third-order valence-electron chi connectivity index (χ3n) is 11.6. The number of hydrogen-bond donors (Lipinski definition) is 2. The fourth-order valence-corrected chi connectivity index (χ4v) is 8.63. The van der Waals surface area contributed by atoms with E-state index in [1.165, 1.54) is 0 Å². The second-order valence-electron chi connectivity index (χ2n) is 14.8. The van der Waals surface area contributed by atoms with Crippen LogP contribution >= 0.6 is 23.2 Å². The topological polar surface area (TPSA) is 156 Å². The number of carbonyl (C=O) groups is 3. The molecule has 4 aliphatic rings. The van der Waals surface area contributed by atoms with Gasteiger partial charge in [0, 0.05) is 70.2 Å². The van der Waals surface area contributed by atoms with Crippen molar-refractivity contribution in [3.63, 3.8) is 0 Å². The standard InChI is InChI=1S/C39H45Cl2N9O5/c1-55-34-5-2-27(33-24-43-46-45-33)22-30(34)36(53)50-17-9-38(26-50,29-3-4-31(40)32(41)23-29)8-14-47-15-10-39(11-16-47,28-6-12-42-13-7-28)44-37(54)49-20-18-48(19-21-49)25-35(51)52/h2-7,12-13,22-24,33H,8-11,14-21,25-26H2,1H3,(H,44,54)(H,51,52). The molecule has 16 heteroatoms. The van der Waals surface area contributed by atoms with Gasteiger partial charge in [0.15, 0.2) is 0 Å². The highest BCUT2D eigenvalue weighted by Gasteiger charge is 2.44. The van der Waals surface area contributed by atoms with Gasteiger partial charge >= 0.3 is 12.0 Å². The summed E-state index contributed by atoms with van der Waals surface area (Å²) in [5.74, 6) is -0.494. The average molecular weight is 791 g/mol. The van der Waals surface area contributed by atoms with E-state index in [2.05, 4.69) is 30.6 Å². The van der Waals surface area contributed by atoms with Crippen LogP contribution in [0.5, 0.6) is 5.75 Å². The second-order valence-corrected chi connectivity index (χ2v) is 15.6. The zero-order valence-electron chi connectivity index (χ0n) is 30.7. The smallest absolute Gasteiger partial charge is 0.318 e. The normalized spacial score (nSPS) is 22.6. The molecular formula is C39H45Cl2N9O5. The van der Waals surface area contributed by atoms with E-state index in [4.69, 9.17) is 27.9 Å². The van der Waals surface area contributed by atoms with Crippen molar-refractivity contribution < 1.29 is 24.2 Å². The molecule has 7 rings (SSSR count). The van der Waals surface area contributed by atoms with Crippen molar-refractivity contribution in [1.82, 2.24) is 29.9 Å². The Labute approximate surface area is 330 Å². The van der Waals surface area contributed by atoms with Gasteiger partial charge in [-0.25, -0.2) is 4.79 Å². The molecule has 0 spiro atoms. The van der Waals surface area contributed by atoms with Crippen LogP contribution in [0.1, 0.15) is 58.8 Å². The summed E-state index contributed by atoms with van der Waals surface area (Å²) in [6.07, 6.45) is 8.08. The molecule has 0 bridgehead atoms. The number of rotatable bonds is 11. The number of benzene rings is 2. The Balaban J connectivity index is 1.06. The molecule has 14 nitrogen and oxygen atoms in total. The lowest BCUT2D eigenvalue weighted by molar-refractivity contribution is -0.138. The van der Waals surface area contributed by atoms with E-state index >= 15 is 0 Å². The number of halogens is 2. The van der Waals surface area contributed by atoms with Gasteiger partial charge in [0.2, 0.25) is 0 Å². The molecule has 0 aliphatic carbocycles. The monoisotopic (exact) mass is 789 g/mol. The Morgan fingerprint density at radius 2 is 1.64 bits per heavy atom. The van der Waals surface area contributed by atoms with Crippen molar-refractivity contribution in [2.24, 2.45) is 15.4 Å². The van der Waals surface area contributed by atoms with Crippen LogP contribution in [0.25, 0.3) is 0 Å². The number of methoxy groups -OCH3 is 1. The first-order chi connectivity index (χ1) is 26.6. The maximum atomic E-state index is 14.2. The molecule has 3 amide bonds. The molecule has 1 aromatic heterocycles. The maximum absolute atomic E-state index is 14.2. The van der Waals surface area contributed by atoms with Crippen molar-refractivity contribution in [2.75, 3.05) is 72.6 Å². The quantitative estimate of drug-likeness (QED) is 0.259. The highest BCUT2D eigenvalue weighted by molar-refractivity contribution is 6.42. The fourth-order valence-electron chi connectivity index (χ4n) is 8.34. The van der Waals surface area contributed by atoms with Crippen molar-refractivity contribution in [3.05, 3.63) is 93.2 Å². The molecule has 5 heterocycles. The van der Waals surface area contributed by atoms with E-state index in [0.29, 0.717) is 73.5 Å². The lowest BCUT2D eigenvalue weighted by Gasteiger charge is -2.45. The van der Waals surface area contributed by atoms with E-state index in [1.807, 2.05) is 52.3 Å². The molecule has 4 aliphatic heterocycles. The minimum absolute atomic E-state index is 0.0277. The number of pyridine rings is 1. The van der Waals surface area contributed by atoms with Gasteiger partial charge in [-0.1, -0.05) is 35.3 Å². The highest BCUT2D eigenvalue weighted by atomic mass is 35.5. The molecule has 55 heavy (non-hydrogen) atoms. The Morgan fingerprint density at radius 1 is 0.873 bits per heavy atom. The third-order valence-corrected chi connectivity index (χ3v) is 12.4. The van der Waals surface area contributed by atoms with Crippen LogP contribution < -0.4 is 10.1 Å². The molecule has 3 fully saturated rings. The number of nitrogens with zero attached hydrogens (tertiary/aromatic N) is 8. The first kappa shape index (κ1) is 38.6. The highest BCUT2D eigenvalue weighted by Crippen LogP contribution is 2.42. The fraction of sp³-hybridized carbons (Fsp3) is 0.462. The average Bonchev–Trinajstić information content (AvgIpc) is 3.91. The van der Waals surface area contributed by atoms with Crippen LogP contribution in [0.2, 0.25) is 10.0 Å². The molecular weight excluding hydrogens is 745 g/mol. The Kier molecular flexibility index (Phi) is 11.7. The number of aliphatic carboxylic acids is 1. The van der Waals surface area contributed by atoms with Crippen LogP contribution in [0, 0.1) is 0 Å². The van der Waals surface area contributed by atoms with Gasteiger partial charge in [0.25, 0.3) is 5.91 Å². The molecule has 3 aromatic rings. The largest absolute Gasteiger partial charge is 0.496 e. The summed E-state index contributed by atoms with van der Waals surface area (Å²) in [6, 6.07) is 14.7.